The van der Waals surface area contributed by atoms with Gasteiger partial charge in [0.25, 0.3) is 0 Å². The fourth-order valence-corrected chi connectivity index (χ4v) is 9.36. The van der Waals surface area contributed by atoms with E-state index in [0.717, 1.165) is 22.3 Å². The predicted octanol–water partition coefficient (Wildman–Crippen LogP) is 5.83. The fraction of sp³-hybridized carbons (Fsp3) is 0.273. The number of rotatable bonds is 9. The Bertz CT molecular complexity index is 2090. The third-order valence-electron chi connectivity index (χ3n) is 11.6. The number of benzene rings is 4. The Balaban J connectivity index is 1.26. The van der Waals surface area contributed by atoms with Crippen LogP contribution in [0.5, 0.6) is 11.5 Å². The molecule has 2 N–H and O–H groups in total. The number of hydrogen-bond donors (Lipinski definition) is 2. The summed E-state index contributed by atoms with van der Waals surface area (Å²) >= 11 is 0. The lowest BCUT2D eigenvalue weighted by Crippen LogP contribution is -2.58. The van der Waals surface area contributed by atoms with Gasteiger partial charge in [-0.25, -0.2) is 0 Å². The number of amides is 2. The van der Waals surface area contributed by atoms with Crippen LogP contribution in [0, 0.1) is 23.7 Å². The average Bonchev–Trinajstić information content (AvgIpc) is 3.43. The molecule has 0 unspecified atom stereocenters. The summed E-state index contributed by atoms with van der Waals surface area (Å²) in [6.45, 7) is 0.214. The number of fused-ring (bicyclic) bond motifs is 4. The number of nitrogens with zero attached hydrogens (tertiary/aromatic N) is 1. The Labute approximate surface area is 302 Å². The highest BCUT2D eigenvalue weighted by Gasteiger charge is 2.65. The molecule has 52 heavy (non-hydrogen) atoms. The summed E-state index contributed by atoms with van der Waals surface area (Å²) in [4.78, 5) is 60.0. The van der Waals surface area contributed by atoms with Crippen LogP contribution in [0.15, 0.2) is 127 Å². The minimum absolute atomic E-state index is 0.133. The number of likely N-dealkylation sites (tertiary alicyclic amines) is 1. The van der Waals surface area contributed by atoms with Gasteiger partial charge >= 0.3 is 0 Å². The molecule has 1 saturated carbocycles. The second-order valence-electron chi connectivity index (χ2n) is 14.2. The fourth-order valence-electron chi connectivity index (χ4n) is 9.36. The van der Waals surface area contributed by atoms with Crippen molar-refractivity contribution in [1.29, 1.82) is 0 Å². The molecule has 0 spiro atoms. The number of imide groups is 1. The second-order valence-corrected chi connectivity index (χ2v) is 14.2. The van der Waals surface area contributed by atoms with Crippen molar-refractivity contribution in [2.75, 3.05) is 19.8 Å². The zero-order valence-electron chi connectivity index (χ0n) is 28.6. The number of ketones is 2. The first-order valence-corrected chi connectivity index (χ1v) is 17.9. The molecule has 8 heteroatoms. The molecule has 2 fully saturated rings. The van der Waals surface area contributed by atoms with Gasteiger partial charge in [-0.3, -0.25) is 24.1 Å². The van der Waals surface area contributed by atoms with Crippen molar-refractivity contribution in [2.24, 2.45) is 23.7 Å². The highest BCUT2D eigenvalue weighted by Crippen LogP contribution is 2.63. The van der Waals surface area contributed by atoms with E-state index in [1.54, 1.807) is 24.3 Å². The maximum Gasteiger partial charge on any atom is 0.233 e. The molecule has 8 nitrogen and oxygen atoms in total. The molecule has 4 aromatic rings. The topological polar surface area (TPSA) is 121 Å². The molecule has 262 valence electrons. The summed E-state index contributed by atoms with van der Waals surface area (Å²) in [5, 5.41) is 19.0. The molecule has 0 bridgehead atoms. The largest absolute Gasteiger partial charge is 0.508 e. The lowest BCUT2D eigenvalue weighted by Gasteiger charge is -2.55. The summed E-state index contributed by atoms with van der Waals surface area (Å²) in [6, 6.07) is 32.9. The van der Waals surface area contributed by atoms with Gasteiger partial charge in [-0.1, -0.05) is 96.6 Å². The first-order chi connectivity index (χ1) is 25.3. The van der Waals surface area contributed by atoms with Crippen LogP contribution in [-0.2, 0) is 31.0 Å². The first-order valence-electron chi connectivity index (χ1n) is 17.9. The normalized spacial score (nSPS) is 26.6. The Kier molecular flexibility index (Phi) is 8.71. The zero-order chi connectivity index (χ0) is 36.0. The van der Waals surface area contributed by atoms with Crippen molar-refractivity contribution in [3.63, 3.8) is 0 Å². The van der Waals surface area contributed by atoms with Crippen molar-refractivity contribution in [3.05, 3.63) is 149 Å². The van der Waals surface area contributed by atoms with Gasteiger partial charge in [0.05, 0.1) is 23.9 Å². The number of carbonyl (C=O) groups is 4. The van der Waals surface area contributed by atoms with E-state index in [9.17, 15) is 19.8 Å². The highest BCUT2D eigenvalue weighted by atomic mass is 16.5. The van der Waals surface area contributed by atoms with Crippen LogP contribution >= 0.6 is 0 Å². The quantitative estimate of drug-likeness (QED) is 0.167. The number of aromatic hydroxyl groups is 1. The molecule has 8 rings (SSSR count). The minimum Gasteiger partial charge on any atom is -0.508 e. The van der Waals surface area contributed by atoms with Gasteiger partial charge in [0, 0.05) is 24.0 Å². The number of allylic oxidation sites excluding steroid dienone is 4. The van der Waals surface area contributed by atoms with E-state index in [2.05, 4.69) is 6.08 Å². The van der Waals surface area contributed by atoms with Gasteiger partial charge in [0.1, 0.15) is 18.1 Å². The van der Waals surface area contributed by atoms with Crippen LogP contribution in [0.1, 0.15) is 41.0 Å². The smallest absolute Gasteiger partial charge is 0.233 e. The van der Waals surface area contributed by atoms with Crippen LogP contribution in [-0.4, -0.2) is 58.3 Å². The summed E-state index contributed by atoms with van der Waals surface area (Å²) in [5.74, 6) is -3.14. The van der Waals surface area contributed by atoms with Crippen molar-refractivity contribution >= 4 is 29.0 Å². The molecular weight excluding hydrogens is 654 g/mol. The molecule has 3 aliphatic carbocycles. The number of phenolic OH excluding ortho intramolecular Hbond substituents is 1. The number of hydrogen-bond acceptors (Lipinski definition) is 7. The van der Waals surface area contributed by atoms with E-state index in [0.29, 0.717) is 29.7 Å². The highest BCUT2D eigenvalue weighted by molar-refractivity contribution is 6.31. The van der Waals surface area contributed by atoms with Crippen LogP contribution in [0.2, 0.25) is 0 Å². The number of Topliss-reactive ketones (excluding diaryl/α,β-unsaturated/α-hetero) is 1. The van der Waals surface area contributed by atoms with E-state index in [1.807, 2.05) is 84.9 Å². The maximum atomic E-state index is 15.1. The molecule has 1 heterocycles. The van der Waals surface area contributed by atoms with Crippen LogP contribution < -0.4 is 4.74 Å². The van der Waals surface area contributed by atoms with E-state index in [-0.39, 0.29) is 55.3 Å². The molecule has 4 aromatic carbocycles. The van der Waals surface area contributed by atoms with Crippen molar-refractivity contribution in [2.45, 2.75) is 30.6 Å². The minimum atomic E-state index is -1.30. The molecule has 0 aromatic heterocycles. The lowest BCUT2D eigenvalue weighted by molar-refractivity contribution is -0.140. The summed E-state index contributed by atoms with van der Waals surface area (Å²) in [5.41, 5.74) is 3.07. The lowest BCUT2D eigenvalue weighted by atomic mass is 9.44. The Hall–Kier alpha value is -5.60. The van der Waals surface area contributed by atoms with E-state index in [1.165, 1.54) is 11.0 Å². The third kappa shape index (κ3) is 5.40. The molecule has 4 aliphatic rings. The van der Waals surface area contributed by atoms with Gasteiger partial charge < -0.3 is 14.9 Å². The van der Waals surface area contributed by atoms with Crippen LogP contribution in [0.3, 0.4) is 0 Å². The number of phenols is 1. The van der Waals surface area contributed by atoms with E-state index >= 15 is 9.59 Å². The van der Waals surface area contributed by atoms with Gasteiger partial charge in [0.2, 0.25) is 11.8 Å². The van der Waals surface area contributed by atoms with Crippen molar-refractivity contribution in [3.8, 4) is 11.5 Å². The number of aliphatic hydroxyl groups is 1. The standard InChI is InChI=1S/C44H39NO7/c46-23-24-52-32-17-13-29(14-18-32)40-33-19-20-34-39(43(51)45(42(34)50)22-21-27-11-15-31(47)16-12-27)36(33)25-37-41(49)35(28-7-3-1-4-8-28)26-38(48)44(37,40)30-9-5-2-6-10-30/h1-19,26,34,36-37,39-40,46-47H,20-25H2/t34-,36+,37-,39-,40-,44-/m0/s1. The van der Waals surface area contributed by atoms with E-state index < -0.39 is 35.0 Å². The summed E-state index contributed by atoms with van der Waals surface area (Å²) in [6.07, 6.45) is 4.64. The third-order valence-corrected chi connectivity index (χ3v) is 11.6. The second kappa shape index (κ2) is 13.5. The van der Waals surface area contributed by atoms with Crippen LogP contribution in [0.25, 0.3) is 5.57 Å². The van der Waals surface area contributed by atoms with Crippen molar-refractivity contribution < 1.29 is 34.1 Å². The molecular formula is C44H39NO7. The average molecular weight is 694 g/mol. The first kappa shape index (κ1) is 33.5. The molecule has 0 radical (unpaired) electrons. The van der Waals surface area contributed by atoms with Crippen LogP contribution in [0.4, 0.5) is 0 Å². The molecule has 6 atom stereocenters. The Morgan fingerprint density at radius 2 is 1.48 bits per heavy atom. The van der Waals surface area contributed by atoms with Gasteiger partial charge in [-0.05, 0) is 77.8 Å². The monoisotopic (exact) mass is 693 g/mol. The Morgan fingerprint density at radius 3 is 2.17 bits per heavy atom. The van der Waals surface area contributed by atoms with Gasteiger partial charge in [-0.15, -0.1) is 0 Å². The maximum absolute atomic E-state index is 15.1. The SMILES string of the molecule is O=C1C(c2ccccc2)=CC(=O)[C@@]2(c3ccccc3)[C@@H](c3ccc(OCCO)cc3)C3=CC[C@@H]4C(=O)N(CCc5ccc(O)cc5)C(=O)[C@@H]4[C@@H]3C[C@@H]12. The number of ether oxygens (including phenoxy) is 1. The van der Waals surface area contributed by atoms with Gasteiger partial charge in [0.15, 0.2) is 11.6 Å². The Morgan fingerprint density at radius 1 is 0.788 bits per heavy atom. The molecule has 2 amide bonds. The number of carbonyl (C=O) groups excluding carboxylic acids is 4. The predicted molar refractivity (Wildman–Crippen MR) is 194 cm³/mol. The zero-order valence-corrected chi connectivity index (χ0v) is 28.6. The van der Waals surface area contributed by atoms with E-state index in [4.69, 9.17) is 4.74 Å². The van der Waals surface area contributed by atoms with Crippen molar-refractivity contribution in [1.82, 2.24) is 4.90 Å². The molecule has 1 aliphatic heterocycles. The number of aliphatic hydroxyl groups excluding tert-OH is 1. The summed E-state index contributed by atoms with van der Waals surface area (Å²) < 4.78 is 5.68. The molecule has 1 saturated heterocycles. The summed E-state index contributed by atoms with van der Waals surface area (Å²) in [7, 11) is 0. The van der Waals surface area contributed by atoms with Gasteiger partial charge in [-0.2, -0.15) is 0 Å².